The number of allylic oxidation sites excluding steroid dienone is 5. The summed E-state index contributed by atoms with van der Waals surface area (Å²) < 4.78 is 3.87. The molecule has 3 aliphatic carbocycles. The average molecular weight is 798 g/mol. The first-order valence-electron chi connectivity index (χ1n) is 21.5. The fourth-order valence-electron chi connectivity index (χ4n) is 10.6. The molecule has 0 saturated heterocycles. The van der Waals surface area contributed by atoms with E-state index in [-0.39, 0.29) is 5.41 Å². The third-order valence-electron chi connectivity index (χ3n) is 13.7. The SMILES string of the molecule is CC(=C=Cc1c2c(n(-c3ccc(-c4c5ccccc5c(-c5ccccc5)c5ccccc45)cc3)c1C)CC=CC=C2)C12CC1C=Cc1c2sc2c(-c3ccccc3)cccc12. The Morgan fingerprint density at radius 1 is 0.639 bits per heavy atom. The minimum absolute atomic E-state index is 0.00647. The number of aromatic nitrogens is 1. The summed E-state index contributed by atoms with van der Waals surface area (Å²) in [7, 11) is 0. The molecular weight excluding hydrogens is 755 g/mol. The van der Waals surface area contributed by atoms with Gasteiger partial charge in [0.05, 0.1) is 0 Å². The third kappa shape index (κ3) is 5.53. The van der Waals surface area contributed by atoms with Crippen LogP contribution in [-0.4, -0.2) is 4.57 Å². The van der Waals surface area contributed by atoms with E-state index in [0.717, 1.165) is 12.8 Å². The maximum Gasteiger partial charge on any atom is 0.0456 e. The van der Waals surface area contributed by atoms with Crippen molar-refractivity contribution >= 4 is 61.2 Å². The van der Waals surface area contributed by atoms with Gasteiger partial charge in [-0.05, 0) is 110 Å². The molecule has 290 valence electrons. The molecule has 7 aromatic carbocycles. The predicted molar refractivity (Wildman–Crippen MR) is 262 cm³/mol. The molecule has 0 spiro atoms. The normalized spacial score (nSPS) is 17.2. The molecule has 1 fully saturated rings. The van der Waals surface area contributed by atoms with Gasteiger partial charge in [0.25, 0.3) is 0 Å². The number of thiophene rings is 1. The fourth-order valence-corrected chi connectivity index (χ4v) is 12.3. The summed E-state index contributed by atoms with van der Waals surface area (Å²) in [4.78, 5) is 1.50. The van der Waals surface area contributed by atoms with E-state index in [4.69, 9.17) is 0 Å². The van der Waals surface area contributed by atoms with Crippen LogP contribution in [0.25, 0.3) is 88.9 Å². The van der Waals surface area contributed by atoms with Crippen molar-refractivity contribution in [2.45, 2.75) is 32.1 Å². The molecule has 2 heterocycles. The van der Waals surface area contributed by atoms with E-state index >= 15 is 0 Å². The highest BCUT2D eigenvalue weighted by molar-refractivity contribution is 7.20. The summed E-state index contributed by atoms with van der Waals surface area (Å²) in [5.74, 6) is 0.517. The Hall–Kier alpha value is -6.96. The van der Waals surface area contributed by atoms with Crippen molar-refractivity contribution in [3.63, 3.8) is 0 Å². The maximum atomic E-state index is 3.94. The van der Waals surface area contributed by atoms with E-state index in [1.165, 1.54) is 109 Å². The van der Waals surface area contributed by atoms with Crippen molar-refractivity contribution in [3.05, 3.63) is 220 Å². The number of hydrogen-bond donors (Lipinski definition) is 0. The Labute approximate surface area is 361 Å². The van der Waals surface area contributed by atoms with Gasteiger partial charge in [-0.25, -0.2) is 0 Å². The van der Waals surface area contributed by atoms with Crippen LogP contribution in [0.2, 0.25) is 0 Å². The van der Waals surface area contributed by atoms with E-state index < -0.39 is 0 Å². The largest absolute Gasteiger partial charge is 0.317 e. The lowest BCUT2D eigenvalue weighted by Crippen LogP contribution is -2.12. The summed E-state index contributed by atoms with van der Waals surface area (Å²) in [5.41, 5.74) is 20.6. The van der Waals surface area contributed by atoms with Crippen molar-refractivity contribution < 1.29 is 0 Å². The quantitative estimate of drug-likeness (QED) is 0.117. The molecule has 61 heavy (non-hydrogen) atoms. The van der Waals surface area contributed by atoms with Crippen molar-refractivity contribution in [2.24, 2.45) is 5.92 Å². The molecule has 12 rings (SSSR count). The number of fused-ring (bicyclic) bond motifs is 8. The van der Waals surface area contributed by atoms with E-state index in [1.54, 1.807) is 0 Å². The third-order valence-corrected chi connectivity index (χ3v) is 15.1. The van der Waals surface area contributed by atoms with Crippen LogP contribution >= 0.6 is 11.3 Å². The highest BCUT2D eigenvalue weighted by atomic mass is 32.1. The molecule has 1 nitrogen and oxygen atoms in total. The highest BCUT2D eigenvalue weighted by Gasteiger charge is 2.58. The maximum absolute atomic E-state index is 3.94. The van der Waals surface area contributed by atoms with Gasteiger partial charge in [0.1, 0.15) is 0 Å². The van der Waals surface area contributed by atoms with Crippen molar-refractivity contribution in [3.8, 4) is 39.1 Å². The van der Waals surface area contributed by atoms with E-state index in [2.05, 4.69) is 218 Å². The summed E-state index contributed by atoms with van der Waals surface area (Å²) in [6, 6.07) is 55.6. The second kappa shape index (κ2) is 14.1. The van der Waals surface area contributed by atoms with Gasteiger partial charge in [-0.1, -0.05) is 176 Å². The van der Waals surface area contributed by atoms with Gasteiger partial charge >= 0.3 is 0 Å². The molecule has 2 aromatic heterocycles. The molecule has 9 aromatic rings. The minimum Gasteiger partial charge on any atom is -0.317 e. The Morgan fingerprint density at radius 2 is 1.25 bits per heavy atom. The second-order valence-corrected chi connectivity index (χ2v) is 17.9. The van der Waals surface area contributed by atoms with E-state index in [9.17, 15) is 0 Å². The molecule has 0 N–H and O–H groups in total. The van der Waals surface area contributed by atoms with Crippen molar-refractivity contribution in [1.29, 1.82) is 0 Å². The zero-order valence-corrected chi connectivity index (χ0v) is 35.1. The summed E-state index contributed by atoms with van der Waals surface area (Å²) in [6.45, 7) is 4.60. The minimum atomic E-state index is 0.00647. The molecule has 2 unspecified atom stereocenters. The predicted octanol–water partition coefficient (Wildman–Crippen LogP) is 16.0. The zero-order valence-electron chi connectivity index (χ0n) is 34.3. The lowest BCUT2D eigenvalue weighted by Gasteiger charge is -2.19. The Balaban J connectivity index is 0.958. The Bertz CT molecular complexity index is 3340. The standard InChI is InChI=1S/C59H43NS/c1-38(59-37-43(59)32-36-53-52-27-16-26-46(57(52)61-58(53)59)40-17-6-3-7-18-40)29-35-45-39(2)60(54-28-11-5-10-21-47(45)54)44-33-30-42(31-34-44)56-50-24-14-12-22-48(50)55(41-19-8-4-9-20-41)49-23-13-15-25-51(49)56/h3-27,30-36,43H,28,37H2,1-2H3. The number of hydrogen-bond acceptors (Lipinski definition) is 1. The number of benzene rings is 7. The monoisotopic (exact) mass is 797 g/mol. The van der Waals surface area contributed by atoms with Gasteiger partial charge in [0.2, 0.25) is 0 Å². The van der Waals surface area contributed by atoms with Crippen LogP contribution in [0.15, 0.2) is 187 Å². The number of rotatable bonds is 6. The molecule has 2 atom stereocenters. The Kier molecular flexibility index (Phi) is 8.29. The molecule has 1 saturated carbocycles. The summed E-state index contributed by atoms with van der Waals surface area (Å²) in [6.07, 6.45) is 18.1. The molecule has 3 aliphatic rings. The topological polar surface area (TPSA) is 4.93 Å². The molecule has 0 amide bonds. The first-order valence-corrected chi connectivity index (χ1v) is 22.3. The summed E-state index contributed by atoms with van der Waals surface area (Å²) >= 11 is 2.00. The fraction of sp³-hybridized carbons (Fsp3) is 0.102. The molecular formula is C59H43NS. The van der Waals surface area contributed by atoms with E-state index in [1.807, 2.05) is 11.3 Å². The van der Waals surface area contributed by atoms with Crippen LogP contribution < -0.4 is 0 Å². The van der Waals surface area contributed by atoms with E-state index in [0.29, 0.717) is 5.92 Å². The van der Waals surface area contributed by atoms with Crippen LogP contribution in [0.1, 0.15) is 46.3 Å². The summed E-state index contributed by atoms with van der Waals surface area (Å²) in [5, 5.41) is 6.46. The first-order chi connectivity index (χ1) is 30.1. The number of nitrogens with zero attached hydrogens (tertiary/aromatic N) is 1. The highest BCUT2D eigenvalue weighted by Crippen LogP contribution is 2.65. The zero-order chi connectivity index (χ0) is 40.7. The molecule has 0 bridgehead atoms. The molecule has 2 heteroatoms. The van der Waals surface area contributed by atoms with Crippen LogP contribution in [0, 0.1) is 12.8 Å². The molecule has 0 radical (unpaired) electrons. The van der Waals surface area contributed by atoms with Gasteiger partial charge in [0, 0.05) is 55.0 Å². The lowest BCUT2D eigenvalue weighted by molar-refractivity contribution is 0.781. The average Bonchev–Trinajstić information content (AvgIpc) is 3.95. The van der Waals surface area contributed by atoms with Crippen molar-refractivity contribution in [1.82, 2.24) is 4.57 Å². The van der Waals surface area contributed by atoms with Crippen molar-refractivity contribution in [2.75, 3.05) is 0 Å². The van der Waals surface area contributed by atoms with Gasteiger partial charge in [-0.2, -0.15) is 0 Å². The van der Waals surface area contributed by atoms with Gasteiger partial charge in [-0.15, -0.1) is 17.1 Å². The van der Waals surface area contributed by atoms with Gasteiger partial charge in [-0.3, -0.25) is 0 Å². The van der Waals surface area contributed by atoms with Crippen LogP contribution in [0.5, 0.6) is 0 Å². The van der Waals surface area contributed by atoms with Gasteiger partial charge < -0.3 is 4.57 Å². The van der Waals surface area contributed by atoms with Crippen LogP contribution in [0.4, 0.5) is 0 Å². The lowest BCUT2D eigenvalue weighted by atomic mass is 9.86. The molecule has 0 aliphatic heterocycles. The first kappa shape index (κ1) is 35.9. The van der Waals surface area contributed by atoms with Gasteiger partial charge in [0.15, 0.2) is 0 Å². The smallest absolute Gasteiger partial charge is 0.0456 e. The Morgan fingerprint density at radius 3 is 1.92 bits per heavy atom. The van der Waals surface area contributed by atoms with Crippen LogP contribution in [-0.2, 0) is 11.8 Å². The van der Waals surface area contributed by atoms with Crippen LogP contribution in [0.3, 0.4) is 0 Å². The second-order valence-electron chi connectivity index (χ2n) is 16.9.